The Bertz CT molecular complexity index is 388. The molecule has 3 nitrogen and oxygen atoms in total. The molecule has 1 N–H and O–H groups in total. The number of nitrogens with zero attached hydrogens (tertiary/aromatic N) is 1. The van der Waals surface area contributed by atoms with E-state index < -0.39 is 5.54 Å². The van der Waals surface area contributed by atoms with Gasteiger partial charge in [-0.3, -0.25) is 0 Å². The van der Waals surface area contributed by atoms with Crippen LogP contribution in [-0.2, 0) is 4.74 Å². The van der Waals surface area contributed by atoms with Gasteiger partial charge in [0.25, 0.3) is 0 Å². The number of halogens is 1. The van der Waals surface area contributed by atoms with E-state index in [0.29, 0.717) is 12.5 Å². The van der Waals surface area contributed by atoms with Crippen LogP contribution in [0.3, 0.4) is 0 Å². The third-order valence-corrected chi connectivity index (χ3v) is 2.85. The molecular formula is C11H12BrNO2. The molecule has 0 fully saturated rings. The molecule has 0 amide bonds. The molecule has 1 aliphatic rings. The Morgan fingerprint density at radius 2 is 2.13 bits per heavy atom. The Hall–Kier alpha value is -0.870. The lowest BCUT2D eigenvalue weighted by Gasteiger charge is -2.12. The highest BCUT2D eigenvalue weighted by molar-refractivity contribution is 9.10. The van der Waals surface area contributed by atoms with E-state index in [1.807, 2.05) is 31.2 Å². The fourth-order valence-electron chi connectivity index (χ4n) is 1.35. The van der Waals surface area contributed by atoms with Gasteiger partial charge in [0.05, 0.1) is 6.61 Å². The number of ether oxygens (including phenoxy) is 1. The molecule has 1 aromatic rings. The third-order valence-electron chi connectivity index (χ3n) is 2.32. The second-order valence-electron chi connectivity index (χ2n) is 3.87. The summed E-state index contributed by atoms with van der Waals surface area (Å²) in [7, 11) is 0. The van der Waals surface area contributed by atoms with E-state index in [1.54, 1.807) is 0 Å². The first-order chi connectivity index (χ1) is 7.13. The van der Waals surface area contributed by atoms with E-state index >= 15 is 0 Å². The van der Waals surface area contributed by atoms with Gasteiger partial charge in [0.2, 0.25) is 5.90 Å². The maximum atomic E-state index is 9.14. The van der Waals surface area contributed by atoms with Gasteiger partial charge in [0.15, 0.2) is 0 Å². The van der Waals surface area contributed by atoms with Crippen LogP contribution in [0.4, 0.5) is 0 Å². The number of rotatable bonds is 2. The monoisotopic (exact) mass is 269 g/mol. The summed E-state index contributed by atoms with van der Waals surface area (Å²) in [4.78, 5) is 4.37. The second kappa shape index (κ2) is 3.94. The number of hydrogen-bond donors (Lipinski definition) is 1. The number of benzene rings is 1. The van der Waals surface area contributed by atoms with Crippen molar-refractivity contribution in [3.05, 3.63) is 34.3 Å². The van der Waals surface area contributed by atoms with Crippen LogP contribution in [-0.4, -0.2) is 29.8 Å². The van der Waals surface area contributed by atoms with E-state index in [4.69, 9.17) is 9.84 Å². The van der Waals surface area contributed by atoms with Crippen LogP contribution < -0.4 is 0 Å². The van der Waals surface area contributed by atoms with Crippen molar-refractivity contribution in [2.24, 2.45) is 4.99 Å². The predicted octanol–water partition coefficient (Wildman–Crippen LogP) is 1.98. The molecule has 1 aromatic carbocycles. The van der Waals surface area contributed by atoms with Crippen molar-refractivity contribution < 1.29 is 9.84 Å². The standard InChI is InChI=1S/C11H12BrNO2/c1-11(6-14)7-15-10(13-11)8-2-4-9(12)5-3-8/h2-5,14H,6-7H2,1H3/t11-/m1/s1. The smallest absolute Gasteiger partial charge is 0.216 e. The molecule has 80 valence electrons. The van der Waals surface area contributed by atoms with Gasteiger partial charge in [-0.15, -0.1) is 0 Å². The van der Waals surface area contributed by atoms with Crippen LogP contribution in [0.15, 0.2) is 33.7 Å². The normalized spacial score (nSPS) is 24.9. The quantitative estimate of drug-likeness (QED) is 0.892. The molecule has 4 heteroatoms. The third kappa shape index (κ3) is 2.21. The molecule has 2 rings (SSSR count). The van der Waals surface area contributed by atoms with Crippen LogP contribution >= 0.6 is 15.9 Å². The first-order valence-electron chi connectivity index (χ1n) is 4.72. The molecule has 0 unspecified atom stereocenters. The van der Waals surface area contributed by atoms with Gasteiger partial charge in [-0.25, -0.2) is 4.99 Å². The molecule has 1 aliphatic heterocycles. The molecule has 0 radical (unpaired) electrons. The molecule has 0 bridgehead atoms. The average molecular weight is 270 g/mol. The van der Waals surface area contributed by atoms with Crippen molar-refractivity contribution in [2.45, 2.75) is 12.5 Å². The Kier molecular flexibility index (Phi) is 2.80. The van der Waals surface area contributed by atoms with Gasteiger partial charge in [-0.2, -0.15) is 0 Å². The summed E-state index contributed by atoms with van der Waals surface area (Å²) in [6, 6.07) is 7.75. The molecule has 1 atom stereocenters. The lowest BCUT2D eigenvalue weighted by Crippen LogP contribution is -2.28. The zero-order chi connectivity index (χ0) is 10.9. The fourth-order valence-corrected chi connectivity index (χ4v) is 1.62. The highest BCUT2D eigenvalue weighted by Gasteiger charge is 2.31. The van der Waals surface area contributed by atoms with Crippen molar-refractivity contribution in [1.82, 2.24) is 0 Å². The van der Waals surface area contributed by atoms with Crippen LogP contribution in [0.25, 0.3) is 0 Å². The summed E-state index contributed by atoms with van der Waals surface area (Å²) < 4.78 is 6.48. The van der Waals surface area contributed by atoms with Gasteiger partial charge in [0.1, 0.15) is 12.1 Å². The number of aliphatic hydroxyl groups is 1. The minimum Gasteiger partial charge on any atom is -0.475 e. The van der Waals surface area contributed by atoms with Crippen LogP contribution in [0.5, 0.6) is 0 Å². The summed E-state index contributed by atoms with van der Waals surface area (Å²) in [6.45, 7) is 2.32. The van der Waals surface area contributed by atoms with Gasteiger partial charge >= 0.3 is 0 Å². The topological polar surface area (TPSA) is 41.8 Å². The molecule has 0 saturated carbocycles. The van der Waals surface area contributed by atoms with Gasteiger partial charge in [0, 0.05) is 10.0 Å². The fraction of sp³-hybridized carbons (Fsp3) is 0.364. The van der Waals surface area contributed by atoms with E-state index in [2.05, 4.69) is 20.9 Å². The highest BCUT2D eigenvalue weighted by atomic mass is 79.9. The summed E-state index contributed by atoms with van der Waals surface area (Å²) in [5, 5.41) is 9.14. The summed E-state index contributed by atoms with van der Waals surface area (Å²) in [5.41, 5.74) is 0.456. The Labute approximate surface area is 96.9 Å². The molecule has 0 aliphatic carbocycles. The largest absolute Gasteiger partial charge is 0.475 e. The molecule has 15 heavy (non-hydrogen) atoms. The molecule has 0 spiro atoms. The summed E-state index contributed by atoms with van der Waals surface area (Å²) in [6.07, 6.45) is 0. The number of aliphatic imine (C=N–C) groups is 1. The van der Waals surface area contributed by atoms with E-state index in [9.17, 15) is 0 Å². The van der Waals surface area contributed by atoms with Gasteiger partial charge < -0.3 is 9.84 Å². The van der Waals surface area contributed by atoms with Crippen molar-refractivity contribution in [3.8, 4) is 0 Å². The lowest BCUT2D eigenvalue weighted by atomic mass is 10.1. The minimum absolute atomic E-state index is 0.00697. The molecule has 0 saturated heterocycles. The van der Waals surface area contributed by atoms with Crippen molar-refractivity contribution >= 4 is 21.8 Å². The van der Waals surface area contributed by atoms with Gasteiger partial charge in [-0.1, -0.05) is 15.9 Å². The first-order valence-corrected chi connectivity index (χ1v) is 5.52. The van der Waals surface area contributed by atoms with Crippen molar-refractivity contribution in [1.29, 1.82) is 0 Å². The summed E-state index contributed by atoms with van der Waals surface area (Å²) in [5.74, 6) is 0.610. The summed E-state index contributed by atoms with van der Waals surface area (Å²) >= 11 is 3.37. The van der Waals surface area contributed by atoms with Crippen LogP contribution in [0.1, 0.15) is 12.5 Å². The Balaban J connectivity index is 2.26. The molecule has 0 aromatic heterocycles. The SMILES string of the molecule is C[C@@]1(CO)COC(c2ccc(Br)cc2)=N1. The Morgan fingerprint density at radius 3 is 2.67 bits per heavy atom. The van der Waals surface area contributed by atoms with Gasteiger partial charge in [-0.05, 0) is 31.2 Å². The number of hydrogen-bond acceptors (Lipinski definition) is 3. The van der Waals surface area contributed by atoms with Crippen LogP contribution in [0, 0.1) is 0 Å². The average Bonchev–Trinajstić information content (AvgIpc) is 2.63. The highest BCUT2D eigenvalue weighted by Crippen LogP contribution is 2.21. The predicted molar refractivity (Wildman–Crippen MR) is 62.1 cm³/mol. The number of aliphatic hydroxyl groups excluding tert-OH is 1. The minimum atomic E-state index is -0.484. The zero-order valence-corrected chi connectivity index (χ0v) is 9.99. The second-order valence-corrected chi connectivity index (χ2v) is 4.78. The molecular weight excluding hydrogens is 258 g/mol. The van der Waals surface area contributed by atoms with Crippen LogP contribution in [0.2, 0.25) is 0 Å². The van der Waals surface area contributed by atoms with Crippen molar-refractivity contribution in [3.63, 3.8) is 0 Å². The van der Waals surface area contributed by atoms with E-state index in [0.717, 1.165) is 10.0 Å². The Morgan fingerprint density at radius 1 is 1.47 bits per heavy atom. The zero-order valence-electron chi connectivity index (χ0n) is 8.40. The van der Waals surface area contributed by atoms with E-state index in [-0.39, 0.29) is 6.61 Å². The lowest BCUT2D eigenvalue weighted by molar-refractivity contribution is 0.170. The molecule has 1 heterocycles. The first kappa shape index (κ1) is 10.6. The maximum absolute atomic E-state index is 9.14. The van der Waals surface area contributed by atoms with Crippen molar-refractivity contribution in [2.75, 3.05) is 13.2 Å². The maximum Gasteiger partial charge on any atom is 0.216 e. The van der Waals surface area contributed by atoms with E-state index in [1.165, 1.54) is 0 Å².